The third-order valence-corrected chi connectivity index (χ3v) is 2.41. The molecule has 0 saturated heterocycles. The van der Waals surface area contributed by atoms with E-state index in [-0.39, 0.29) is 11.7 Å². The van der Waals surface area contributed by atoms with Gasteiger partial charge in [0.2, 0.25) is 5.91 Å². The molecule has 0 aliphatic rings. The molecule has 0 bridgehead atoms. The standard InChI is InChI=1S/C12H17FN2O2/c13-10-5-3-4-9(12(10)17)8-15-7-2-1-6-11(14)16/h3-5,15,17H,1-2,6-8H2,(H2,14,16). The zero-order valence-electron chi connectivity index (χ0n) is 9.58. The van der Waals surface area contributed by atoms with Gasteiger partial charge in [-0.3, -0.25) is 4.79 Å². The number of nitrogens with one attached hydrogen (secondary N) is 1. The van der Waals surface area contributed by atoms with E-state index in [9.17, 15) is 14.3 Å². The number of para-hydroxylation sites is 1. The van der Waals surface area contributed by atoms with Crippen LogP contribution in [0.3, 0.4) is 0 Å². The van der Waals surface area contributed by atoms with Gasteiger partial charge in [0, 0.05) is 18.5 Å². The number of halogens is 1. The van der Waals surface area contributed by atoms with Crippen molar-refractivity contribution in [3.63, 3.8) is 0 Å². The Balaban J connectivity index is 2.22. The lowest BCUT2D eigenvalue weighted by molar-refractivity contribution is -0.118. The van der Waals surface area contributed by atoms with Crippen LogP contribution >= 0.6 is 0 Å². The molecule has 5 heteroatoms. The first-order chi connectivity index (χ1) is 8.11. The molecule has 17 heavy (non-hydrogen) atoms. The smallest absolute Gasteiger partial charge is 0.217 e. The van der Waals surface area contributed by atoms with Gasteiger partial charge in [-0.2, -0.15) is 0 Å². The van der Waals surface area contributed by atoms with Crippen LogP contribution < -0.4 is 11.1 Å². The van der Waals surface area contributed by atoms with Crippen molar-refractivity contribution < 1.29 is 14.3 Å². The number of nitrogens with two attached hydrogens (primary N) is 1. The second-order valence-corrected chi connectivity index (χ2v) is 3.85. The molecule has 4 nitrogen and oxygen atoms in total. The summed E-state index contributed by atoms with van der Waals surface area (Å²) in [6.45, 7) is 1.10. The first-order valence-corrected chi connectivity index (χ1v) is 5.56. The summed E-state index contributed by atoms with van der Waals surface area (Å²) in [6.07, 6.45) is 1.93. The number of amides is 1. The Hall–Kier alpha value is -1.62. The molecule has 94 valence electrons. The van der Waals surface area contributed by atoms with Crippen molar-refractivity contribution in [1.82, 2.24) is 5.32 Å². The van der Waals surface area contributed by atoms with Gasteiger partial charge in [-0.1, -0.05) is 12.1 Å². The maximum absolute atomic E-state index is 13.0. The second kappa shape index (κ2) is 6.85. The number of rotatable bonds is 7. The van der Waals surface area contributed by atoms with Crippen LogP contribution in [0.4, 0.5) is 4.39 Å². The fraction of sp³-hybridized carbons (Fsp3) is 0.417. The third-order valence-electron chi connectivity index (χ3n) is 2.41. The van der Waals surface area contributed by atoms with Gasteiger partial charge in [0.05, 0.1) is 0 Å². The van der Waals surface area contributed by atoms with E-state index in [1.54, 1.807) is 12.1 Å². The molecule has 0 aromatic heterocycles. The summed E-state index contributed by atoms with van der Waals surface area (Å²) >= 11 is 0. The number of aromatic hydroxyl groups is 1. The van der Waals surface area contributed by atoms with Crippen molar-refractivity contribution in [3.05, 3.63) is 29.6 Å². The normalized spacial score (nSPS) is 10.4. The Kier molecular flexibility index (Phi) is 5.42. The third kappa shape index (κ3) is 4.82. The number of hydrogen-bond acceptors (Lipinski definition) is 3. The summed E-state index contributed by atoms with van der Waals surface area (Å²) < 4.78 is 13.0. The average Bonchev–Trinajstić information content (AvgIpc) is 2.28. The molecule has 0 heterocycles. The summed E-state index contributed by atoms with van der Waals surface area (Å²) in [5, 5.41) is 12.5. The van der Waals surface area contributed by atoms with E-state index >= 15 is 0 Å². The molecular formula is C12H17FN2O2. The van der Waals surface area contributed by atoms with Crippen LogP contribution in [0.5, 0.6) is 5.75 Å². The summed E-state index contributed by atoms with van der Waals surface area (Å²) in [4.78, 5) is 10.5. The molecule has 1 aromatic rings. The highest BCUT2D eigenvalue weighted by atomic mass is 19.1. The quantitative estimate of drug-likeness (QED) is 0.628. The molecule has 0 radical (unpaired) electrons. The summed E-state index contributed by atoms with van der Waals surface area (Å²) in [5.41, 5.74) is 5.53. The molecule has 1 rings (SSSR count). The predicted molar refractivity (Wildman–Crippen MR) is 62.8 cm³/mol. The number of hydrogen-bond donors (Lipinski definition) is 3. The molecule has 0 atom stereocenters. The van der Waals surface area contributed by atoms with Crippen molar-refractivity contribution in [1.29, 1.82) is 0 Å². The largest absolute Gasteiger partial charge is 0.505 e. The van der Waals surface area contributed by atoms with E-state index in [2.05, 4.69) is 5.32 Å². The average molecular weight is 240 g/mol. The number of primary amides is 1. The second-order valence-electron chi connectivity index (χ2n) is 3.85. The van der Waals surface area contributed by atoms with E-state index in [4.69, 9.17) is 5.73 Å². The zero-order chi connectivity index (χ0) is 12.7. The van der Waals surface area contributed by atoms with E-state index < -0.39 is 5.82 Å². The number of unbranched alkanes of at least 4 members (excludes halogenated alkanes) is 1. The number of carbonyl (C=O) groups is 1. The van der Waals surface area contributed by atoms with Crippen molar-refractivity contribution in [2.24, 2.45) is 5.73 Å². The predicted octanol–water partition coefficient (Wildman–Crippen LogP) is 1.28. The first kappa shape index (κ1) is 13.4. The van der Waals surface area contributed by atoms with Crippen LogP contribution in [0.1, 0.15) is 24.8 Å². The van der Waals surface area contributed by atoms with Gasteiger partial charge >= 0.3 is 0 Å². The van der Waals surface area contributed by atoms with Gasteiger partial charge in [-0.25, -0.2) is 4.39 Å². The first-order valence-electron chi connectivity index (χ1n) is 5.56. The Morgan fingerprint density at radius 2 is 2.18 bits per heavy atom. The van der Waals surface area contributed by atoms with Gasteiger partial charge in [0.15, 0.2) is 11.6 Å². The minimum atomic E-state index is -0.613. The zero-order valence-corrected chi connectivity index (χ0v) is 9.58. The van der Waals surface area contributed by atoms with Crippen LogP contribution in [0.15, 0.2) is 18.2 Å². The van der Waals surface area contributed by atoms with Gasteiger partial charge in [-0.05, 0) is 25.5 Å². The Morgan fingerprint density at radius 3 is 2.88 bits per heavy atom. The molecule has 0 aliphatic carbocycles. The topological polar surface area (TPSA) is 75.4 Å². The number of carbonyl (C=O) groups excluding carboxylic acids is 1. The van der Waals surface area contributed by atoms with Crippen LogP contribution in [0.25, 0.3) is 0 Å². The van der Waals surface area contributed by atoms with Gasteiger partial charge in [0.25, 0.3) is 0 Å². The molecule has 1 aromatic carbocycles. The SMILES string of the molecule is NC(=O)CCCCNCc1cccc(F)c1O. The Labute approximate surface area is 99.6 Å². The molecule has 0 spiro atoms. The van der Waals surface area contributed by atoms with Crippen LogP contribution in [-0.4, -0.2) is 17.6 Å². The van der Waals surface area contributed by atoms with Crippen molar-refractivity contribution in [2.75, 3.05) is 6.54 Å². The molecular weight excluding hydrogens is 223 g/mol. The Bertz CT molecular complexity index is 383. The van der Waals surface area contributed by atoms with Crippen molar-refractivity contribution in [2.45, 2.75) is 25.8 Å². The minimum Gasteiger partial charge on any atom is -0.505 e. The van der Waals surface area contributed by atoms with Crippen LogP contribution in [0, 0.1) is 5.82 Å². The maximum Gasteiger partial charge on any atom is 0.217 e. The highest BCUT2D eigenvalue weighted by Crippen LogP contribution is 2.20. The number of benzene rings is 1. The lowest BCUT2D eigenvalue weighted by atomic mass is 10.2. The van der Waals surface area contributed by atoms with Crippen molar-refractivity contribution >= 4 is 5.91 Å². The van der Waals surface area contributed by atoms with E-state index in [0.29, 0.717) is 25.1 Å². The summed E-state index contributed by atoms with van der Waals surface area (Å²) in [7, 11) is 0. The van der Waals surface area contributed by atoms with Gasteiger partial charge in [-0.15, -0.1) is 0 Å². The highest BCUT2D eigenvalue weighted by Gasteiger charge is 2.05. The maximum atomic E-state index is 13.0. The lowest BCUT2D eigenvalue weighted by Gasteiger charge is -2.06. The molecule has 1 amide bonds. The van der Waals surface area contributed by atoms with E-state index in [1.807, 2.05) is 0 Å². The Morgan fingerprint density at radius 1 is 1.41 bits per heavy atom. The van der Waals surface area contributed by atoms with Crippen molar-refractivity contribution in [3.8, 4) is 5.75 Å². The monoisotopic (exact) mass is 240 g/mol. The molecule has 0 unspecified atom stereocenters. The molecule has 4 N–H and O–H groups in total. The van der Waals surface area contributed by atoms with E-state index in [1.165, 1.54) is 6.07 Å². The van der Waals surface area contributed by atoms with Gasteiger partial charge in [0.1, 0.15) is 0 Å². The summed E-state index contributed by atoms with van der Waals surface area (Å²) in [5.74, 6) is -1.22. The summed E-state index contributed by atoms with van der Waals surface area (Å²) in [6, 6.07) is 4.43. The lowest BCUT2D eigenvalue weighted by Crippen LogP contribution is -2.16. The fourth-order valence-electron chi connectivity index (χ4n) is 1.47. The number of phenolic OH excluding ortho intramolecular Hbond substituents is 1. The number of phenols is 1. The molecule has 0 aliphatic heterocycles. The van der Waals surface area contributed by atoms with E-state index in [0.717, 1.165) is 12.8 Å². The van der Waals surface area contributed by atoms with Gasteiger partial charge < -0.3 is 16.2 Å². The highest BCUT2D eigenvalue weighted by molar-refractivity contribution is 5.73. The van der Waals surface area contributed by atoms with Crippen LogP contribution in [-0.2, 0) is 11.3 Å². The molecule has 0 fully saturated rings. The molecule has 0 saturated carbocycles. The van der Waals surface area contributed by atoms with Crippen LogP contribution in [0.2, 0.25) is 0 Å². The fourth-order valence-corrected chi connectivity index (χ4v) is 1.47. The minimum absolute atomic E-state index is 0.298.